The van der Waals surface area contributed by atoms with E-state index >= 15 is 0 Å². The molecule has 8 nitrogen and oxygen atoms in total. The van der Waals surface area contributed by atoms with Crippen LogP contribution < -0.4 is 4.72 Å². The van der Waals surface area contributed by atoms with E-state index in [1.165, 1.54) is 0 Å². The highest BCUT2D eigenvalue weighted by atomic mass is 32.2. The molecular weight excluding hydrogens is 560 g/mol. The van der Waals surface area contributed by atoms with Crippen molar-refractivity contribution in [2.24, 2.45) is 5.92 Å². The number of ether oxygens (including phenoxy) is 2. The predicted octanol–water partition coefficient (Wildman–Crippen LogP) is 4.72. The van der Waals surface area contributed by atoms with Gasteiger partial charge in [-0.3, -0.25) is 4.98 Å². The standard InChI is InChI=1S/C31H34N2O6S2/c1-21-27(20-40-17-16-34)38-31(39-30(21)25-11-9-23(19-35)10-12-25)26-13-7-22(8-14-26)18-33-41(36,37)28-6-2-4-24-5-3-15-32-29(24)28/h2-15,21,27,30-31,33-35H,16-20H2,1H3/t21-,27+,30+,31?/m0/s1. The molecule has 0 amide bonds. The quantitative estimate of drug-likeness (QED) is 0.214. The molecule has 41 heavy (non-hydrogen) atoms. The van der Waals surface area contributed by atoms with Crippen LogP contribution >= 0.6 is 11.8 Å². The molecule has 10 heteroatoms. The van der Waals surface area contributed by atoms with E-state index < -0.39 is 16.3 Å². The van der Waals surface area contributed by atoms with E-state index in [0.29, 0.717) is 11.3 Å². The van der Waals surface area contributed by atoms with Crippen molar-refractivity contribution in [3.63, 3.8) is 0 Å². The Hall–Kier alpha value is -2.83. The predicted molar refractivity (Wildman–Crippen MR) is 160 cm³/mol. The molecule has 1 aliphatic heterocycles. The smallest absolute Gasteiger partial charge is 0.243 e. The Kier molecular flexibility index (Phi) is 9.72. The fraction of sp³-hybridized carbons (Fsp3) is 0.323. The van der Waals surface area contributed by atoms with Crippen molar-refractivity contribution >= 4 is 32.7 Å². The summed E-state index contributed by atoms with van der Waals surface area (Å²) < 4.78 is 41.8. The number of pyridine rings is 1. The number of aromatic nitrogens is 1. The minimum Gasteiger partial charge on any atom is -0.396 e. The van der Waals surface area contributed by atoms with Crippen LogP contribution in [0, 0.1) is 5.92 Å². The van der Waals surface area contributed by atoms with Crippen LogP contribution in [-0.2, 0) is 32.6 Å². The van der Waals surface area contributed by atoms with Gasteiger partial charge in [0, 0.05) is 41.1 Å². The number of sulfonamides is 1. The summed E-state index contributed by atoms with van der Waals surface area (Å²) in [4.78, 5) is 4.41. The maximum absolute atomic E-state index is 13.1. The number of aliphatic hydroxyl groups is 2. The number of para-hydroxylation sites is 1. The highest BCUT2D eigenvalue weighted by Gasteiger charge is 2.38. The third kappa shape index (κ3) is 6.98. The number of hydrogen-bond acceptors (Lipinski definition) is 8. The maximum Gasteiger partial charge on any atom is 0.243 e. The lowest BCUT2D eigenvalue weighted by molar-refractivity contribution is -0.268. The fourth-order valence-corrected chi connectivity index (χ4v) is 7.02. The van der Waals surface area contributed by atoms with Crippen molar-refractivity contribution in [3.8, 4) is 0 Å². The molecule has 0 spiro atoms. The van der Waals surface area contributed by atoms with Crippen LogP contribution in [0.1, 0.15) is 41.6 Å². The second kappa shape index (κ2) is 13.4. The average Bonchev–Trinajstić information content (AvgIpc) is 3.01. The van der Waals surface area contributed by atoms with Crippen molar-refractivity contribution in [1.29, 1.82) is 0 Å². The summed E-state index contributed by atoms with van der Waals surface area (Å²) in [5.74, 6) is 1.41. The summed E-state index contributed by atoms with van der Waals surface area (Å²) in [6.07, 6.45) is 0.650. The van der Waals surface area contributed by atoms with E-state index in [1.54, 1.807) is 36.2 Å². The lowest BCUT2D eigenvalue weighted by atomic mass is 9.91. The van der Waals surface area contributed by atoms with Crippen LogP contribution in [0.25, 0.3) is 10.9 Å². The average molecular weight is 595 g/mol. The zero-order valence-corrected chi connectivity index (χ0v) is 24.4. The Labute approximate surface area is 244 Å². The lowest BCUT2D eigenvalue weighted by Crippen LogP contribution is -2.38. The van der Waals surface area contributed by atoms with Gasteiger partial charge in [-0.1, -0.05) is 73.7 Å². The first-order valence-electron chi connectivity index (χ1n) is 13.5. The molecule has 0 bridgehead atoms. The van der Waals surface area contributed by atoms with Gasteiger partial charge in [0.05, 0.1) is 30.9 Å². The summed E-state index contributed by atoms with van der Waals surface area (Å²) in [6.45, 7) is 2.32. The van der Waals surface area contributed by atoms with E-state index in [-0.39, 0.29) is 42.8 Å². The third-order valence-electron chi connectivity index (χ3n) is 7.24. The SMILES string of the molecule is C[C@H]1[C@@H](CSCCO)OC(c2ccc(CNS(=O)(=O)c3cccc4cccnc34)cc2)O[C@H]1c1ccc(CO)cc1. The largest absolute Gasteiger partial charge is 0.396 e. The number of rotatable bonds is 11. The number of fused-ring (bicyclic) bond motifs is 1. The number of hydrogen-bond donors (Lipinski definition) is 3. The first-order valence-corrected chi connectivity index (χ1v) is 16.1. The van der Waals surface area contributed by atoms with Gasteiger partial charge in [-0.15, -0.1) is 0 Å². The number of thioether (sulfide) groups is 1. The highest BCUT2D eigenvalue weighted by Crippen LogP contribution is 2.42. The topological polar surface area (TPSA) is 118 Å². The van der Waals surface area contributed by atoms with Crippen LogP contribution in [0.5, 0.6) is 0 Å². The number of aliphatic hydroxyl groups excluding tert-OH is 2. The molecular formula is C31H34N2O6S2. The molecule has 5 rings (SSSR count). The molecule has 0 radical (unpaired) electrons. The van der Waals surface area contributed by atoms with E-state index in [1.807, 2.05) is 60.7 Å². The summed E-state index contributed by atoms with van der Waals surface area (Å²) in [5, 5.41) is 19.4. The maximum atomic E-state index is 13.1. The molecule has 3 aromatic carbocycles. The van der Waals surface area contributed by atoms with Crippen molar-refractivity contribution < 1.29 is 28.1 Å². The first kappa shape index (κ1) is 29.7. The molecule has 1 fully saturated rings. The van der Waals surface area contributed by atoms with E-state index in [2.05, 4.69) is 16.6 Å². The van der Waals surface area contributed by atoms with E-state index in [0.717, 1.165) is 33.4 Å². The summed E-state index contributed by atoms with van der Waals surface area (Å²) in [5.41, 5.74) is 3.90. The molecule has 4 atom stereocenters. The van der Waals surface area contributed by atoms with Gasteiger partial charge < -0.3 is 19.7 Å². The van der Waals surface area contributed by atoms with Crippen LogP contribution in [0.3, 0.4) is 0 Å². The summed E-state index contributed by atoms with van der Waals surface area (Å²) in [7, 11) is -3.78. The molecule has 1 aliphatic rings. The molecule has 1 saturated heterocycles. The van der Waals surface area contributed by atoms with Crippen molar-refractivity contribution in [2.75, 3.05) is 18.1 Å². The van der Waals surface area contributed by atoms with Gasteiger partial charge in [0.1, 0.15) is 4.90 Å². The second-order valence-corrected chi connectivity index (χ2v) is 12.9. The number of nitrogens with one attached hydrogen (secondary N) is 1. The van der Waals surface area contributed by atoms with E-state index in [4.69, 9.17) is 9.47 Å². The van der Waals surface area contributed by atoms with Crippen LogP contribution in [0.4, 0.5) is 0 Å². The zero-order valence-electron chi connectivity index (χ0n) is 22.7. The van der Waals surface area contributed by atoms with Gasteiger partial charge in [0.2, 0.25) is 10.0 Å². The zero-order chi connectivity index (χ0) is 28.8. The van der Waals surface area contributed by atoms with Crippen molar-refractivity contribution in [3.05, 3.63) is 107 Å². The Bertz CT molecular complexity index is 1540. The number of nitrogens with zero attached hydrogens (tertiary/aromatic N) is 1. The summed E-state index contributed by atoms with van der Waals surface area (Å²) >= 11 is 1.64. The van der Waals surface area contributed by atoms with E-state index in [9.17, 15) is 18.6 Å². The summed E-state index contributed by atoms with van der Waals surface area (Å²) in [6, 6.07) is 24.0. The van der Waals surface area contributed by atoms with Gasteiger partial charge in [0.15, 0.2) is 6.29 Å². The van der Waals surface area contributed by atoms with Crippen LogP contribution in [0.15, 0.2) is 90.0 Å². The molecule has 0 saturated carbocycles. The normalized spacial score (nSPS) is 21.2. The molecule has 2 heterocycles. The highest BCUT2D eigenvalue weighted by molar-refractivity contribution is 7.99. The Morgan fingerprint density at radius 2 is 1.61 bits per heavy atom. The molecule has 3 N–H and O–H groups in total. The molecule has 1 unspecified atom stereocenters. The number of benzene rings is 3. The van der Waals surface area contributed by atoms with Gasteiger partial charge in [-0.05, 0) is 28.8 Å². The lowest BCUT2D eigenvalue weighted by Gasteiger charge is -2.41. The second-order valence-electron chi connectivity index (χ2n) is 10.0. The van der Waals surface area contributed by atoms with Crippen LogP contribution in [0.2, 0.25) is 0 Å². The van der Waals surface area contributed by atoms with Crippen molar-refractivity contribution in [1.82, 2.24) is 9.71 Å². The van der Waals surface area contributed by atoms with Gasteiger partial charge in [-0.25, -0.2) is 13.1 Å². The minimum absolute atomic E-state index is 0.0190. The van der Waals surface area contributed by atoms with Gasteiger partial charge in [0.25, 0.3) is 0 Å². The molecule has 4 aromatic rings. The minimum atomic E-state index is -3.78. The Morgan fingerprint density at radius 1 is 0.902 bits per heavy atom. The van der Waals surface area contributed by atoms with Gasteiger partial charge in [-0.2, -0.15) is 11.8 Å². The Morgan fingerprint density at radius 3 is 2.34 bits per heavy atom. The molecule has 1 aromatic heterocycles. The van der Waals surface area contributed by atoms with Gasteiger partial charge >= 0.3 is 0 Å². The first-order chi connectivity index (χ1) is 19.9. The molecule has 216 valence electrons. The van der Waals surface area contributed by atoms with Crippen LogP contribution in [-0.4, -0.2) is 47.8 Å². The fourth-order valence-electron chi connectivity index (χ4n) is 4.92. The molecule has 0 aliphatic carbocycles. The van der Waals surface area contributed by atoms with Crippen molar-refractivity contribution in [2.45, 2.75) is 43.5 Å². The monoisotopic (exact) mass is 594 g/mol. The Balaban J connectivity index is 1.31. The third-order valence-corrected chi connectivity index (χ3v) is 9.71.